The number of nitrogens with zero attached hydrogens (tertiary/aromatic N) is 6. The van der Waals surface area contributed by atoms with Crippen molar-refractivity contribution in [1.82, 2.24) is 30.3 Å². The summed E-state index contributed by atoms with van der Waals surface area (Å²) in [5.41, 5.74) is 2.46. The van der Waals surface area contributed by atoms with Crippen molar-refractivity contribution in [2.75, 3.05) is 70.3 Å². The molecule has 34 heavy (non-hydrogen) atoms. The molecule has 0 saturated carbocycles. The number of fused-ring (bicyclic) bond motifs is 1. The third kappa shape index (κ3) is 5.52. The number of nitro benzene ring substituents is 1. The normalized spacial score (nSPS) is 17.4. The van der Waals surface area contributed by atoms with Crippen LogP contribution in [0.25, 0.3) is 22.2 Å². The van der Waals surface area contributed by atoms with Crippen molar-refractivity contribution in [1.29, 1.82) is 0 Å². The Morgan fingerprint density at radius 1 is 0.971 bits per heavy atom. The van der Waals surface area contributed by atoms with E-state index in [2.05, 4.69) is 35.2 Å². The van der Waals surface area contributed by atoms with E-state index in [-0.39, 0.29) is 10.6 Å². The number of nitrogens with one attached hydrogen (secondary N) is 2. The van der Waals surface area contributed by atoms with Gasteiger partial charge in [-0.15, -0.1) is 0 Å². The second-order valence-corrected chi connectivity index (χ2v) is 8.38. The summed E-state index contributed by atoms with van der Waals surface area (Å²) in [6.07, 6.45) is 1.79. The van der Waals surface area contributed by atoms with E-state index in [1.165, 1.54) is 6.07 Å². The number of aromatic amines is 1. The van der Waals surface area contributed by atoms with E-state index in [4.69, 9.17) is 0 Å². The van der Waals surface area contributed by atoms with Crippen LogP contribution in [-0.4, -0.2) is 95.4 Å². The molecular formula is C24H34N8O2. The molecule has 1 aromatic carbocycles. The van der Waals surface area contributed by atoms with Crippen molar-refractivity contribution < 1.29 is 4.92 Å². The molecule has 0 amide bonds. The molecule has 2 saturated heterocycles. The van der Waals surface area contributed by atoms with Gasteiger partial charge in [-0.1, -0.05) is 13.8 Å². The number of H-pyrrole nitrogens is 1. The zero-order chi connectivity index (χ0) is 23.9. The fourth-order valence-corrected chi connectivity index (χ4v) is 4.49. The fraction of sp³-hybridized carbons (Fsp3) is 0.500. The lowest BCUT2D eigenvalue weighted by molar-refractivity contribution is -0.384. The van der Waals surface area contributed by atoms with Gasteiger partial charge in [0.2, 0.25) is 0 Å². The van der Waals surface area contributed by atoms with Crippen LogP contribution in [0, 0.1) is 10.1 Å². The Labute approximate surface area is 200 Å². The number of piperazine rings is 2. The quantitative estimate of drug-likeness (QED) is 0.422. The van der Waals surface area contributed by atoms with E-state index in [0.717, 1.165) is 87.7 Å². The average Bonchev–Trinajstić information content (AvgIpc) is 3.33. The van der Waals surface area contributed by atoms with Crippen molar-refractivity contribution in [3.05, 3.63) is 46.6 Å². The number of hydrogen-bond donors (Lipinski definition) is 2. The molecule has 0 unspecified atom stereocenters. The molecule has 182 valence electrons. The maximum atomic E-state index is 11.2. The van der Waals surface area contributed by atoms with Crippen LogP contribution in [0.3, 0.4) is 0 Å². The van der Waals surface area contributed by atoms with Crippen LogP contribution in [-0.2, 0) is 0 Å². The standard InChI is InChI=1S/C22H28N8O2.C2H6/c31-30(32)18-1-2-20-19(16-18)22(26-25-20)17-3-4-24-21(15-17)29-13-11-28(12-14-29)10-9-27-7-5-23-6-8-27;1-2/h1-4,15-16,23H,5-14H2,(H,25,26);1-2H3. The molecule has 0 bridgehead atoms. The number of aromatic nitrogens is 3. The number of benzene rings is 1. The smallest absolute Gasteiger partial charge is 0.270 e. The van der Waals surface area contributed by atoms with Crippen LogP contribution < -0.4 is 10.2 Å². The molecular weight excluding hydrogens is 432 g/mol. The summed E-state index contributed by atoms with van der Waals surface area (Å²) >= 11 is 0. The zero-order valence-corrected chi connectivity index (χ0v) is 20.0. The average molecular weight is 467 g/mol. The van der Waals surface area contributed by atoms with Crippen molar-refractivity contribution in [3.63, 3.8) is 0 Å². The van der Waals surface area contributed by atoms with Gasteiger partial charge in [-0.2, -0.15) is 5.10 Å². The molecule has 2 aliphatic heterocycles. The first-order chi connectivity index (χ1) is 16.7. The molecule has 2 aliphatic rings. The largest absolute Gasteiger partial charge is 0.354 e. The number of pyridine rings is 1. The Balaban J connectivity index is 0.00000133. The second kappa shape index (κ2) is 11.4. The zero-order valence-electron chi connectivity index (χ0n) is 20.0. The summed E-state index contributed by atoms with van der Waals surface area (Å²) in [5.74, 6) is 0.922. The van der Waals surface area contributed by atoms with Gasteiger partial charge in [0.25, 0.3) is 5.69 Å². The van der Waals surface area contributed by atoms with Gasteiger partial charge >= 0.3 is 0 Å². The number of rotatable bonds is 6. The number of hydrogen-bond acceptors (Lipinski definition) is 8. The van der Waals surface area contributed by atoms with Gasteiger partial charge in [0.05, 0.1) is 10.4 Å². The summed E-state index contributed by atoms with van der Waals surface area (Å²) in [5, 5.41) is 22.7. The van der Waals surface area contributed by atoms with Crippen LogP contribution in [0.5, 0.6) is 0 Å². The Bertz CT molecular complexity index is 1090. The summed E-state index contributed by atoms with van der Waals surface area (Å²) in [6.45, 7) is 14.6. The van der Waals surface area contributed by atoms with Crippen molar-refractivity contribution in [2.24, 2.45) is 0 Å². The minimum absolute atomic E-state index is 0.0615. The van der Waals surface area contributed by atoms with Gasteiger partial charge < -0.3 is 10.2 Å². The molecule has 3 aromatic rings. The Morgan fingerprint density at radius 3 is 2.38 bits per heavy atom. The van der Waals surface area contributed by atoms with E-state index in [0.29, 0.717) is 5.69 Å². The Hall–Kier alpha value is -3.08. The van der Waals surface area contributed by atoms with Gasteiger partial charge in [-0.3, -0.25) is 25.0 Å². The van der Waals surface area contributed by atoms with Crippen molar-refractivity contribution in [2.45, 2.75) is 13.8 Å². The number of non-ortho nitro benzene ring substituents is 1. The summed E-state index contributed by atoms with van der Waals surface area (Å²) < 4.78 is 0. The maximum absolute atomic E-state index is 11.2. The van der Waals surface area contributed by atoms with Gasteiger partial charge in [0.1, 0.15) is 11.5 Å². The Kier molecular flexibility index (Phi) is 8.04. The first-order valence-corrected chi connectivity index (χ1v) is 12.2. The molecule has 2 N–H and O–H groups in total. The minimum Gasteiger partial charge on any atom is -0.354 e. The highest BCUT2D eigenvalue weighted by Crippen LogP contribution is 2.30. The fourth-order valence-electron chi connectivity index (χ4n) is 4.49. The summed E-state index contributed by atoms with van der Waals surface area (Å²) in [7, 11) is 0. The van der Waals surface area contributed by atoms with Crippen LogP contribution in [0.2, 0.25) is 0 Å². The third-order valence-corrected chi connectivity index (χ3v) is 6.41. The molecule has 0 atom stereocenters. The highest BCUT2D eigenvalue weighted by atomic mass is 16.6. The summed E-state index contributed by atoms with van der Waals surface area (Å²) in [4.78, 5) is 22.8. The maximum Gasteiger partial charge on any atom is 0.270 e. The molecule has 4 heterocycles. The summed E-state index contributed by atoms with van der Waals surface area (Å²) in [6, 6.07) is 8.70. The minimum atomic E-state index is -0.379. The first-order valence-electron chi connectivity index (χ1n) is 12.2. The number of anilines is 1. The molecule has 10 heteroatoms. The molecule has 2 fully saturated rings. The SMILES string of the molecule is CC.O=[N+]([O-])c1ccc2[nH]nc(-c3ccnc(N4CCN(CCN5CCNCC5)CC4)c3)c2c1. The van der Waals surface area contributed by atoms with Crippen molar-refractivity contribution in [3.8, 4) is 11.3 Å². The topological polar surface area (TPSA) is 106 Å². The molecule has 5 rings (SSSR count). The van der Waals surface area contributed by atoms with E-state index in [1.54, 1.807) is 18.3 Å². The van der Waals surface area contributed by atoms with E-state index in [9.17, 15) is 10.1 Å². The lowest BCUT2D eigenvalue weighted by Crippen LogP contribution is -2.50. The van der Waals surface area contributed by atoms with E-state index >= 15 is 0 Å². The number of nitro groups is 1. The molecule has 10 nitrogen and oxygen atoms in total. The van der Waals surface area contributed by atoms with E-state index in [1.807, 2.05) is 26.0 Å². The van der Waals surface area contributed by atoms with E-state index < -0.39 is 0 Å². The third-order valence-electron chi connectivity index (χ3n) is 6.41. The lowest BCUT2D eigenvalue weighted by atomic mass is 10.1. The van der Waals surface area contributed by atoms with Crippen molar-refractivity contribution >= 4 is 22.4 Å². The molecule has 2 aromatic heterocycles. The van der Waals surface area contributed by atoms with Crippen LogP contribution >= 0.6 is 0 Å². The Morgan fingerprint density at radius 2 is 1.68 bits per heavy atom. The van der Waals surface area contributed by atoms with Gasteiger partial charge in [0.15, 0.2) is 0 Å². The van der Waals surface area contributed by atoms with Crippen LogP contribution in [0.15, 0.2) is 36.5 Å². The van der Waals surface area contributed by atoms with Crippen LogP contribution in [0.4, 0.5) is 11.5 Å². The predicted octanol–water partition coefficient (Wildman–Crippen LogP) is 2.59. The molecule has 0 spiro atoms. The predicted molar refractivity (Wildman–Crippen MR) is 135 cm³/mol. The van der Waals surface area contributed by atoms with Gasteiger partial charge in [-0.25, -0.2) is 4.98 Å². The lowest BCUT2D eigenvalue weighted by Gasteiger charge is -2.37. The molecule has 0 aliphatic carbocycles. The highest BCUT2D eigenvalue weighted by molar-refractivity contribution is 5.94. The highest BCUT2D eigenvalue weighted by Gasteiger charge is 2.20. The van der Waals surface area contributed by atoms with Gasteiger partial charge in [-0.05, 0) is 18.2 Å². The van der Waals surface area contributed by atoms with Gasteiger partial charge in [0, 0.05) is 94.7 Å². The van der Waals surface area contributed by atoms with Crippen LogP contribution in [0.1, 0.15) is 13.8 Å². The monoisotopic (exact) mass is 466 g/mol. The second-order valence-electron chi connectivity index (χ2n) is 8.38. The first kappa shape index (κ1) is 24.1. The molecule has 0 radical (unpaired) electrons.